The third-order valence-electron chi connectivity index (χ3n) is 5.13. The summed E-state index contributed by atoms with van der Waals surface area (Å²) in [4.78, 5) is 26.6. The highest BCUT2D eigenvalue weighted by molar-refractivity contribution is 9.11. The summed E-state index contributed by atoms with van der Waals surface area (Å²) in [5.74, 6) is -0.631. The number of phenolic OH excluding ortho intramolecular Hbond substituents is 2. The van der Waals surface area contributed by atoms with Crippen LogP contribution < -0.4 is 4.74 Å². The maximum Gasteiger partial charge on any atom is 0.348 e. The van der Waals surface area contributed by atoms with Crippen LogP contribution in [0.2, 0.25) is 0 Å². The highest BCUT2D eigenvalue weighted by atomic mass is 79.9. The van der Waals surface area contributed by atoms with E-state index in [9.17, 15) is 19.8 Å². The number of rotatable bonds is 5. The van der Waals surface area contributed by atoms with Crippen molar-refractivity contribution in [1.82, 2.24) is 0 Å². The van der Waals surface area contributed by atoms with Gasteiger partial charge < -0.3 is 19.7 Å². The lowest BCUT2D eigenvalue weighted by atomic mass is 9.93. The quantitative estimate of drug-likeness (QED) is 0.162. The minimum absolute atomic E-state index is 0.0286. The number of hydrogen-bond donors (Lipinski definition) is 2. The molecule has 6 nitrogen and oxygen atoms in total. The molecule has 3 aromatic carbocycles. The zero-order valence-electron chi connectivity index (χ0n) is 17.7. The number of hydrogen-bond acceptors (Lipinski definition) is 6. The van der Waals surface area contributed by atoms with Gasteiger partial charge in [0.05, 0.1) is 25.0 Å². The molecule has 4 rings (SSSR count). The maximum atomic E-state index is 13.5. The number of carbonyl (C=O) groups excluding carboxylic acids is 2. The number of carbonyl (C=O) groups is 2. The number of benzene rings is 3. The van der Waals surface area contributed by atoms with E-state index in [-0.39, 0.29) is 28.4 Å². The van der Waals surface area contributed by atoms with E-state index in [4.69, 9.17) is 9.47 Å². The highest BCUT2D eigenvalue weighted by Crippen LogP contribution is 2.41. The molecule has 2 N–H and O–H groups in total. The zero-order valence-corrected chi connectivity index (χ0v) is 24.1. The molecule has 10 heteroatoms. The summed E-state index contributed by atoms with van der Waals surface area (Å²) in [5, 5.41) is 20.1. The first-order chi connectivity index (χ1) is 16.6. The predicted molar refractivity (Wildman–Crippen MR) is 145 cm³/mol. The van der Waals surface area contributed by atoms with Crippen LogP contribution in [0, 0.1) is 0 Å². The number of Topliss-reactive ketones (excluding diaryl/α,β-unsaturated/α-hetero) is 1. The number of cyclic esters (lactones) is 1. The Morgan fingerprint density at radius 1 is 0.886 bits per heavy atom. The number of methoxy groups -OCH3 is 1. The molecule has 3 aromatic rings. The normalized spacial score (nSPS) is 14.4. The molecule has 35 heavy (non-hydrogen) atoms. The molecule has 0 aliphatic carbocycles. The van der Waals surface area contributed by atoms with Crippen LogP contribution in [0.15, 0.2) is 77.8 Å². The van der Waals surface area contributed by atoms with Gasteiger partial charge in [0.1, 0.15) is 28.6 Å². The van der Waals surface area contributed by atoms with Crippen LogP contribution in [0.5, 0.6) is 17.2 Å². The number of phenols is 2. The summed E-state index contributed by atoms with van der Waals surface area (Å²) in [7, 11) is 1.54. The van der Waals surface area contributed by atoms with Crippen LogP contribution in [-0.2, 0) is 9.53 Å². The number of halogens is 4. The molecule has 0 saturated heterocycles. The van der Waals surface area contributed by atoms with Gasteiger partial charge in [-0.25, -0.2) is 4.79 Å². The summed E-state index contributed by atoms with van der Waals surface area (Å²) < 4.78 is 12.3. The molecule has 0 saturated carbocycles. The van der Waals surface area contributed by atoms with Gasteiger partial charge in [-0.15, -0.1) is 0 Å². The van der Waals surface area contributed by atoms with Gasteiger partial charge in [0.15, 0.2) is 0 Å². The second kappa shape index (κ2) is 10.3. The number of esters is 1. The van der Waals surface area contributed by atoms with Crippen molar-refractivity contribution in [3.8, 4) is 17.2 Å². The molecule has 0 unspecified atom stereocenters. The first kappa shape index (κ1) is 25.7. The van der Waals surface area contributed by atoms with Crippen molar-refractivity contribution in [3.05, 3.63) is 94.4 Å². The highest BCUT2D eigenvalue weighted by Gasteiger charge is 2.36. The fourth-order valence-electron chi connectivity index (χ4n) is 3.44. The van der Waals surface area contributed by atoms with E-state index in [2.05, 4.69) is 63.7 Å². The Kier molecular flexibility index (Phi) is 7.56. The molecule has 0 bridgehead atoms. The van der Waals surface area contributed by atoms with Crippen LogP contribution in [0.1, 0.15) is 21.5 Å². The molecular formula is C25H14Br4O6. The summed E-state index contributed by atoms with van der Waals surface area (Å²) in [6.07, 6.45) is 1.61. The molecule has 0 spiro atoms. The van der Waals surface area contributed by atoms with E-state index < -0.39 is 11.8 Å². The summed E-state index contributed by atoms with van der Waals surface area (Å²) in [6.45, 7) is 0. The van der Waals surface area contributed by atoms with Gasteiger partial charge in [0, 0.05) is 11.1 Å². The van der Waals surface area contributed by atoms with E-state index in [0.29, 0.717) is 40.3 Å². The van der Waals surface area contributed by atoms with Crippen LogP contribution in [0.4, 0.5) is 0 Å². The van der Waals surface area contributed by atoms with E-state index in [1.54, 1.807) is 42.5 Å². The smallest absolute Gasteiger partial charge is 0.348 e. The summed E-state index contributed by atoms with van der Waals surface area (Å²) in [5.41, 5.74) is 1.52. The Morgan fingerprint density at radius 2 is 1.40 bits per heavy atom. The molecule has 1 heterocycles. The Balaban J connectivity index is 1.93. The van der Waals surface area contributed by atoms with Crippen LogP contribution in [0.25, 0.3) is 11.6 Å². The lowest BCUT2D eigenvalue weighted by Gasteiger charge is -2.09. The van der Waals surface area contributed by atoms with Crippen molar-refractivity contribution in [2.75, 3.05) is 7.11 Å². The van der Waals surface area contributed by atoms with Gasteiger partial charge >= 0.3 is 5.97 Å². The summed E-state index contributed by atoms with van der Waals surface area (Å²) in [6, 6.07) is 13.1. The first-order valence-electron chi connectivity index (χ1n) is 9.84. The number of allylic oxidation sites excluding steroid dienone is 1. The number of aromatic hydroxyl groups is 2. The molecule has 0 aromatic heterocycles. The van der Waals surface area contributed by atoms with E-state index in [1.807, 2.05) is 0 Å². The van der Waals surface area contributed by atoms with Crippen molar-refractivity contribution in [2.24, 2.45) is 0 Å². The van der Waals surface area contributed by atoms with Crippen LogP contribution in [-0.4, -0.2) is 29.1 Å². The van der Waals surface area contributed by atoms with Gasteiger partial charge in [-0.2, -0.15) is 0 Å². The maximum absolute atomic E-state index is 13.5. The third-order valence-corrected chi connectivity index (χ3v) is 7.54. The van der Waals surface area contributed by atoms with E-state index in [1.165, 1.54) is 19.2 Å². The fourth-order valence-corrected chi connectivity index (χ4v) is 5.85. The molecular weight excluding hydrogens is 716 g/mol. The third kappa shape index (κ3) is 5.11. The molecule has 0 amide bonds. The number of ketones is 1. The molecule has 1 aliphatic rings. The molecule has 0 fully saturated rings. The average Bonchev–Trinajstić information content (AvgIpc) is 3.15. The monoisotopic (exact) mass is 726 g/mol. The minimum atomic E-state index is -0.802. The van der Waals surface area contributed by atoms with Crippen molar-refractivity contribution in [1.29, 1.82) is 0 Å². The molecule has 1 aliphatic heterocycles. The molecule has 0 radical (unpaired) electrons. The SMILES string of the molecule is COc1ccc(C2=C(C(=O)c3cc(Br)c(O)c(Br)c3)C(=O)O/C2=C\c2cc(Br)c(O)c(Br)c2)cc1. The lowest BCUT2D eigenvalue weighted by molar-refractivity contribution is -0.132. The van der Waals surface area contributed by atoms with Crippen LogP contribution >= 0.6 is 63.7 Å². The van der Waals surface area contributed by atoms with Gasteiger partial charge in [-0.3, -0.25) is 4.79 Å². The minimum Gasteiger partial charge on any atom is -0.506 e. The zero-order chi connectivity index (χ0) is 25.4. The van der Waals surface area contributed by atoms with Crippen molar-refractivity contribution >= 4 is 87.1 Å². The standard InChI is InChI=1S/C25H14Br4O6/c1-34-14-4-2-12(3-5-14)20-19(8-11-6-15(26)23(31)16(27)7-11)35-25(33)21(20)22(30)13-9-17(28)24(32)18(29)10-13/h2-10,31-32H,1H3/b19-8-. The Morgan fingerprint density at radius 3 is 1.91 bits per heavy atom. The topological polar surface area (TPSA) is 93.1 Å². The van der Waals surface area contributed by atoms with Gasteiger partial charge in [-0.05, 0) is 117 Å². The van der Waals surface area contributed by atoms with Crippen molar-refractivity contribution < 1.29 is 29.3 Å². The van der Waals surface area contributed by atoms with Crippen LogP contribution in [0.3, 0.4) is 0 Å². The Bertz CT molecular complexity index is 1390. The van der Waals surface area contributed by atoms with Gasteiger partial charge in [0.2, 0.25) is 5.78 Å². The summed E-state index contributed by atoms with van der Waals surface area (Å²) >= 11 is 13.0. The lowest BCUT2D eigenvalue weighted by Crippen LogP contribution is -2.11. The molecule has 178 valence electrons. The first-order valence-corrected chi connectivity index (χ1v) is 13.0. The second-order valence-electron chi connectivity index (χ2n) is 7.33. The predicted octanol–water partition coefficient (Wildman–Crippen LogP) is 7.39. The molecule has 0 atom stereocenters. The number of ether oxygens (including phenoxy) is 2. The second-order valence-corrected chi connectivity index (χ2v) is 10.7. The van der Waals surface area contributed by atoms with Crippen molar-refractivity contribution in [2.45, 2.75) is 0 Å². The van der Waals surface area contributed by atoms with Crippen molar-refractivity contribution in [3.63, 3.8) is 0 Å². The van der Waals surface area contributed by atoms with E-state index in [0.717, 1.165) is 0 Å². The average molecular weight is 730 g/mol. The largest absolute Gasteiger partial charge is 0.506 e. The van der Waals surface area contributed by atoms with E-state index >= 15 is 0 Å². The fraction of sp³-hybridized carbons (Fsp3) is 0.0400. The Hall–Kier alpha value is -2.40. The Labute approximate surface area is 233 Å². The van der Waals surface area contributed by atoms with Gasteiger partial charge in [-0.1, -0.05) is 12.1 Å². The van der Waals surface area contributed by atoms with Gasteiger partial charge in [0.25, 0.3) is 0 Å².